The number of morpholine rings is 1. The molecular formula is C52H57BrFN3O9S2. The number of para-hydroxylation sites is 1. The molecule has 3 saturated heterocycles. The molecule has 3 aromatic heterocycles. The topological polar surface area (TPSA) is 171 Å². The van der Waals surface area contributed by atoms with Crippen molar-refractivity contribution < 1.29 is 70.1 Å². The minimum Gasteiger partial charge on any atom is -1.00 e. The fourth-order valence-electron chi connectivity index (χ4n) is 10.0. The highest BCUT2D eigenvalue weighted by Crippen LogP contribution is 2.52. The van der Waals surface area contributed by atoms with Gasteiger partial charge in [0, 0.05) is 36.3 Å². The van der Waals surface area contributed by atoms with Crippen molar-refractivity contribution in [2.45, 2.75) is 107 Å². The maximum Gasteiger partial charge on any atom is 0.349 e. The van der Waals surface area contributed by atoms with Crippen LogP contribution in [0.4, 0.5) is 10.1 Å². The Labute approximate surface area is 414 Å². The van der Waals surface area contributed by atoms with Gasteiger partial charge in [-0.05, 0) is 89.2 Å². The van der Waals surface area contributed by atoms with Gasteiger partial charge in [0.1, 0.15) is 36.2 Å². The lowest BCUT2D eigenvalue weighted by molar-refractivity contribution is -0.938. The number of carbonyl (C=O) groups is 3. The number of aliphatic carboxylic acids is 1. The molecular weight excluding hydrogens is 974 g/mol. The minimum atomic E-state index is -1.72. The van der Waals surface area contributed by atoms with Crippen molar-refractivity contribution in [3.8, 4) is 22.4 Å². The van der Waals surface area contributed by atoms with Crippen LogP contribution in [0.25, 0.3) is 22.4 Å². The van der Waals surface area contributed by atoms with Crippen molar-refractivity contribution in [2.75, 3.05) is 19.4 Å². The van der Waals surface area contributed by atoms with Gasteiger partial charge in [-0.25, -0.2) is 9.18 Å². The first-order valence-corrected chi connectivity index (χ1v) is 24.4. The maximum atomic E-state index is 14.0. The first-order valence-electron chi connectivity index (χ1n) is 22.6. The van der Waals surface area contributed by atoms with Gasteiger partial charge in [-0.2, -0.15) is 0 Å². The third-order valence-corrected chi connectivity index (χ3v) is 15.2. The lowest BCUT2D eigenvalue weighted by Gasteiger charge is -2.45. The molecule has 0 saturated carbocycles. The molecule has 3 fully saturated rings. The van der Waals surface area contributed by atoms with Gasteiger partial charge in [0.25, 0.3) is 5.91 Å². The number of epoxide rings is 1. The first-order chi connectivity index (χ1) is 32.1. The summed E-state index contributed by atoms with van der Waals surface area (Å²) in [5, 5.41) is 47.9. The number of nitrogens with zero attached hydrogens (tertiary/aromatic N) is 2. The van der Waals surface area contributed by atoms with Crippen LogP contribution < -0.4 is 22.3 Å². The van der Waals surface area contributed by atoms with Gasteiger partial charge < -0.3 is 61.2 Å². The molecule has 3 aliphatic rings. The molecule has 5 N–H and O–H groups in total. The average Bonchev–Trinajstić information content (AvgIpc) is 3.66. The van der Waals surface area contributed by atoms with Crippen molar-refractivity contribution in [2.24, 2.45) is 0 Å². The van der Waals surface area contributed by atoms with Crippen molar-refractivity contribution in [1.29, 1.82) is 0 Å². The average molecular weight is 1030 g/mol. The highest BCUT2D eigenvalue weighted by molar-refractivity contribution is 7.12. The Morgan fingerprint density at radius 3 is 1.94 bits per heavy atom. The number of piperidine rings is 1. The normalized spacial score (nSPS) is 20.8. The summed E-state index contributed by atoms with van der Waals surface area (Å²) in [5.74, 6) is -2.50. The van der Waals surface area contributed by atoms with Crippen LogP contribution in [-0.4, -0.2) is 104 Å². The Bertz CT molecular complexity index is 2590. The van der Waals surface area contributed by atoms with E-state index in [0.717, 1.165) is 28.6 Å². The number of fused-ring (bicyclic) bond motifs is 5. The van der Waals surface area contributed by atoms with E-state index in [1.807, 2.05) is 102 Å². The van der Waals surface area contributed by atoms with E-state index in [1.165, 1.54) is 34.8 Å². The molecule has 2 bridgehead atoms. The molecule has 12 nitrogen and oxygen atoms in total. The van der Waals surface area contributed by atoms with E-state index < -0.39 is 36.2 Å². The molecule has 0 spiro atoms. The Morgan fingerprint density at radius 2 is 1.41 bits per heavy atom. The van der Waals surface area contributed by atoms with Crippen LogP contribution in [0.15, 0.2) is 120 Å². The SMILES string of the molecule is CC(C)c1c(C(=O)Nc2ccccc2)c(-c2ccccc2)c(-c2ccc(F)cc2)n1CC[C@@H](O)C[C@@H](O)CC(=O)O.C[N+]1(C)[C@@H]2C[C@@H](OC(=O)C(O)(c3cccs3)c3cccs3)C[C@H]1[C@@H]1O[C@@H]12.[Br-]. The third kappa shape index (κ3) is 10.6. The van der Waals surface area contributed by atoms with Crippen molar-refractivity contribution in [3.05, 3.63) is 147 Å². The van der Waals surface area contributed by atoms with Crippen LogP contribution in [0.2, 0.25) is 0 Å². The lowest BCUT2D eigenvalue weighted by atomic mass is 9.94. The number of carboxylic acid groups (broad SMARTS) is 1. The van der Waals surface area contributed by atoms with Crippen LogP contribution in [0, 0.1) is 5.82 Å². The van der Waals surface area contributed by atoms with E-state index in [2.05, 4.69) is 19.4 Å². The van der Waals surface area contributed by atoms with Crippen LogP contribution >= 0.6 is 22.7 Å². The van der Waals surface area contributed by atoms with E-state index in [9.17, 15) is 34.1 Å². The number of nitrogens with one attached hydrogen (secondary N) is 1. The van der Waals surface area contributed by atoms with Gasteiger partial charge in [-0.3, -0.25) is 9.59 Å². The molecule has 6 aromatic rings. The van der Waals surface area contributed by atoms with Gasteiger partial charge in [-0.1, -0.05) is 74.5 Å². The minimum absolute atomic E-state index is 0. The largest absolute Gasteiger partial charge is 1.00 e. The van der Waals surface area contributed by atoms with Crippen LogP contribution in [0.1, 0.15) is 77.7 Å². The number of thiophene rings is 2. The fourth-order valence-corrected chi connectivity index (χ4v) is 11.7. The van der Waals surface area contributed by atoms with Crippen molar-refractivity contribution in [3.63, 3.8) is 0 Å². The summed E-state index contributed by atoms with van der Waals surface area (Å²) in [6.07, 6.45) is -0.458. The zero-order chi connectivity index (χ0) is 47.6. The number of hydrogen-bond donors (Lipinski definition) is 5. The highest BCUT2D eigenvalue weighted by atomic mass is 79.9. The molecule has 3 aliphatic heterocycles. The van der Waals surface area contributed by atoms with Crippen molar-refractivity contribution in [1.82, 2.24) is 4.57 Å². The maximum absolute atomic E-state index is 14.0. The van der Waals surface area contributed by atoms with Gasteiger partial charge in [0.05, 0.1) is 53.7 Å². The Morgan fingerprint density at radius 1 is 0.838 bits per heavy atom. The molecule has 0 unspecified atom stereocenters. The standard InChI is InChI=1S/C33H35FN2O5.C19H22NO4S2.BrH/c1-21(2)31-30(33(41)35-25-11-7-4-8-12-25)29(22-9-5-3-6-10-22)32(23-13-15-24(34)16-14-23)36(31)18-17-26(37)19-27(38)20-28(39)40;1-20(2)12-9-11(10-13(20)17-16(12)24-17)23-18(21)19(22,14-5-3-7-25-14)15-6-4-8-26-15;/h3-16,21,26-27,37-38H,17-20H2,1-2H3,(H,35,41)(H,39,40);3-8,11-13,16-17,22H,9-10H2,1-2H3;1H/q;+1;/p-1/t26-,27-;11-,12-,13+,16-,17+;/m1../s1. The number of benzene rings is 3. The van der Waals surface area contributed by atoms with E-state index in [0.29, 0.717) is 62.1 Å². The number of hydrogen-bond acceptors (Lipinski definition) is 10. The summed E-state index contributed by atoms with van der Waals surface area (Å²) < 4.78 is 28.6. The number of rotatable bonds is 16. The van der Waals surface area contributed by atoms with Gasteiger partial charge in [-0.15, -0.1) is 22.7 Å². The summed E-state index contributed by atoms with van der Waals surface area (Å²) in [6, 6.07) is 32.8. The summed E-state index contributed by atoms with van der Waals surface area (Å²) in [5.41, 5.74) is 3.05. The molecule has 6 heterocycles. The molecule has 1 amide bonds. The number of amides is 1. The second kappa shape index (κ2) is 21.3. The molecule has 16 heteroatoms. The van der Waals surface area contributed by atoms with Crippen LogP contribution in [0.3, 0.4) is 0 Å². The predicted octanol–water partition coefficient (Wildman–Crippen LogP) is 5.66. The molecule has 360 valence electrons. The number of quaternary nitrogens is 1. The molecule has 0 radical (unpaired) electrons. The summed E-state index contributed by atoms with van der Waals surface area (Å²) in [7, 11) is 4.49. The van der Waals surface area contributed by atoms with Crippen molar-refractivity contribution >= 4 is 46.2 Å². The number of aromatic nitrogens is 1. The van der Waals surface area contributed by atoms with Gasteiger partial charge >= 0.3 is 11.9 Å². The second-order valence-corrected chi connectivity index (χ2v) is 20.3. The summed E-state index contributed by atoms with van der Waals surface area (Å²) >= 11 is 2.74. The van der Waals surface area contributed by atoms with E-state index in [1.54, 1.807) is 24.3 Å². The fraction of sp³-hybridized carbons (Fsp3) is 0.365. The second-order valence-electron chi connectivity index (χ2n) is 18.4. The smallest absolute Gasteiger partial charge is 0.349 e. The predicted molar refractivity (Wildman–Crippen MR) is 256 cm³/mol. The molecule has 7 atom stereocenters. The van der Waals surface area contributed by atoms with Gasteiger partial charge in [0.15, 0.2) is 0 Å². The number of likely N-dealkylation sites (N-methyl/N-ethyl adjacent to an activating group) is 1. The number of aliphatic hydroxyl groups excluding tert-OH is 2. The van der Waals surface area contributed by atoms with E-state index >= 15 is 0 Å². The number of ether oxygens (including phenoxy) is 2. The van der Waals surface area contributed by atoms with Crippen LogP contribution in [-0.2, 0) is 31.2 Å². The zero-order valence-corrected chi connectivity index (χ0v) is 41.4. The first kappa shape index (κ1) is 50.8. The summed E-state index contributed by atoms with van der Waals surface area (Å²) in [6.45, 7) is 4.25. The lowest BCUT2D eigenvalue weighted by Crippen LogP contribution is -3.00. The Hall–Kier alpha value is -5.04. The monoisotopic (exact) mass is 1030 g/mol. The molecule has 0 aliphatic carbocycles. The number of carbonyl (C=O) groups excluding carboxylic acids is 2. The number of aliphatic hydroxyl groups is 3. The van der Waals surface area contributed by atoms with E-state index in [4.69, 9.17) is 14.6 Å². The Kier molecular flexibility index (Phi) is 15.9. The third-order valence-electron chi connectivity index (χ3n) is 13.3. The zero-order valence-electron chi connectivity index (χ0n) is 38.2. The number of esters is 1. The molecule has 68 heavy (non-hydrogen) atoms. The quantitative estimate of drug-likeness (QED) is 0.0467. The number of carboxylic acids is 1. The number of halogens is 2. The molecule has 9 rings (SSSR count). The van der Waals surface area contributed by atoms with Gasteiger partial charge in [0.2, 0.25) is 5.60 Å². The van der Waals surface area contributed by atoms with E-state index in [-0.39, 0.29) is 60.1 Å². The molecule has 3 aromatic carbocycles. The number of anilines is 1. The summed E-state index contributed by atoms with van der Waals surface area (Å²) in [4.78, 5) is 39.4. The Balaban J connectivity index is 0.000000217. The highest BCUT2D eigenvalue weighted by Gasteiger charge is 2.71. The van der Waals surface area contributed by atoms with Crippen LogP contribution in [0.5, 0.6) is 0 Å².